The van der Waals surface area contributed by atoms with Crippen molar-refractivity contribution in [3.05, 3.63) is 81.9 Å². The van der Waals surface area contributed by atoms with Gasteiger partial charge >= 0.3 is 0 Å². The molecule has 0 fully saturated rings. The average molecular weight is 347 g/mol. The summed E-state index contributed by atoms with van der Waals surface area (Å²) < 4.78 is 0. The van der Waals surface area contributed by atoms with Crippen LogP contribution in [-0.4, -0.2) is 31.3 Å². The van der Waals surface area contributed by atoms with Crippen LogP contribution in [0.25, 0.3) is 11.4 Å². The van der Waals surface area contributed by atoms with E-state index in [1.165, 1.54) is 0 Å². The van der Waals surface area contributed by atoms with Gasteiger partial charge in [0.2, 0.25) is 0 Å². The lowest BCUT2D eigenvalue weighted by atomic mass is 10.1. The molecular weight excluding hydrogens is 330 g/mol. The van der Waals surface area contributed by atoms with E-state index in [0.29, 0.717) is 18.9 Å². The summed E-state index contributed by atoms with van der Waals surface area (Å²) in [5.74, 6) is 0.684. The normalized spacial score (nSPS) is 14.0. The summed E-state index contributed by atoms with van der Waals surface area (Å²) in [4.78, 5) is 26.3. The summed E-state index contributed by atoms with van der Waals surface area (Å²) in [7, 11) is 0. The molecule has 0 saturated carbocycles. The van der Waals surface area contributed by atoms with E-state index in [9.17, 15) is 10.1 Å². The van der Waals surface area contributed by atoms with Crippen molar-refractivity contribution in [1.29, 1.82) is 0 Å². The number of nitro groups is 1. The number of nitro benzene ring substituents is 1. The maximum Gasteiger partial charge on any atom is 0.273 e. The topological polar surface area (TPSA) is 85.0 Å². The molecule has 1 aliphatic rings. The second-order valence-electron chi connectivity index (χ2n) is 6.25. The van der Waals surface area contributed by atoms with Crippen LogP contribution < -0.4 is 0 Å². The molecule has 4 rings (SSSR count). The first-order valence-corrected chi connectivity index (χ1v) is 8.40. The molecule has 0 atom stereocenters. The van der Waals surface area contributed by atoms with E-state index in [4.69, 9.17) is 0 Å². The Balaban J connectivity index is 1.53. The van der Waals surface area contributed by atoms with E-state index in [1.54, 1.807) is 24.5 Å². The predicted molar refractivity (Wildman–Crippen MR) is 96.2 cm³/mol. The van der Waals surface area contributed by atoms with Crippen molar-refractivity contribution >= 4 is 5.69 Å². The first kappa shape index (κ1) is 16.3. The smallest absolute Gasteiger partial charge is 0.273 e. The largest absolute Gasteiger partial charge is 0.294 e. The molecule has 1 aromatic carbocycles. The van der Waals surface area contributed by atoms with Gasteiger partial charge in [-0.25, -0.2) is 9.97 Å². The Bertz CT molecular complexity index is 946. The third-order valence-corrected chi connectivity index (χ3v) is 4.51. The van der Waals surface area contributed by atoms with Gasteiger partial charge in [-0.1, -0.05) is 18.2 Å². The van der Waals surface area contributed by atoms with Crippen molar-refractivity contribution in [2.24, 2.45) is 0 Å². The van der Waals surface area contributed by atoms with Gasteiger partial charge in [0.1, 0.15) is 0 Å². The van der Waals surface area contributed by atoms with Gasteiger partial charge in [-0.05, 0) is 12.1 Å². The number of para-hydroxylation sites is 1. The lowest BCUT2D eigenvalue weighted by Crippen LogP contribution is -2.31. The number of aromatic nitrogens is 3. The Morgan fingerprint density at radius 3 is 2.85 bits per heavy atom. The van der Waals surface area contributed by atoms with Crippen LogP contribution in [-0.2, 0) is 19.5 Å². The molecule has 0 unspecified atom stereocenters. The zero-order valence-corrected chi connectivity index (χ0v) is 14.1. The van der Waals surface area contributed by atoms with E-state index in [0.717, 1.165) is 35.3 Å². The molecule has 0 N–H and O–H groups in total. The van der Waals surface area contributed by atoms with Gasteiger partial charge < -0.3 is 0 Å². The number of hydrogen-bond donors (Lipinski definition) is 0. The van der Waals surface area contributed by atoms with Gasteiger partial charge in [0.25, 0.3) is 5.69 Å². The van der Waals surface area contributed by atoms with Crippen LogP contribution in [0.2, 0.25) is 0 Å². The zero-order valence-electron chi connectivity index (χ0n) is 14.1. The fraction of sp³-hybridized carbons (Fsp3) is 0.211. The molecule has 0 radical (unpaired) electrons. The Morgan fingerprint density at radius 2 is 2.04 bits per heavy atom. The Labute approximate surface area is 150 Å². The second-order valence-corrected chi connectivity index (χ2v) is 6.25. The van der Waals surface area contributed by atoms with E-state index < -0.39 is 0 Å². The third-order valence-electron chi connectivity index (χ3n) is 4.51. The van der Waals surface area contributed by atoms with Crippen molar-refractivity contribution < 1.29 is 4.92 Å². The maximum atomic E-state index is 11.2. The molecule has 3 heterocycles. The number of fused-ring (bicyclic) bond motifs is 1. The molecule has 7 heteroatoms. The highest BCUT2D eigenvalue weighted by molar-refractivity contribution is 5.53. The van der Waals surface area contributed by atoms with Crippen LogP contribution in [0.3, 0.4) is 0 Å². The number of nitrogens with zero attached hydrogens (tertiary/aromatic N) is 5. The standard InChI is InChI=1S/C19H17N5O2/c25-24(26)18-6-2-1-4-15(18)12-23-9-7-17-16(13-23)11-21-19(22-17)14-5-3-8-20-10-14/h1-6,8,10-11H,7,9,12-13H2. The van der Waals surface area contributed by atoms with Crippen molar-refractivity contribution in [1.82, 2.24) is 19.9 Å². The van der Waals surface area contributed by atoms with E-state index in [1.807, 2.05) is 30.5 Å². The van der Waals surface area contributed by atoms with Gasteiger partial charge in [0, 0.05) is 67.4 Å². The lowest BCUT2D eigenvalue weighted by molar-refractivity contribution is -0.385. The molecule has 26 heavy (non-hydrogen) atoms. The van der Waals surface area contributed by atoms with Gasteiger partial charge in [0.15, 0.2) is 5.82 Å². The molecule has 0 aliphatic carbocycles. The summed E-state index contributed by atoms with van der Waals surface area (Å²) in [6.07, 6.45) is 6.13. The first-order chi connectivity index (χ1) is 12.7. The van der Waals surface area contributed by atoms with Gasteiger partial charge in [-0.2, -0.15) is 0 Å². The Hall–Kier alpha value is -3.19. The molecule has 7 nitrogen and oxygen atoms in total. The molecule has 1 aliphatic heterocycles. The molecule has 3 aromatic rings. The summed E-state index contributed by atoms with van der Waals surface area (Å²) >= 11 is 0. The summed E-state index contributed by atoms with van der Waals surface area (Å²) in [6, 6.07) is 10.7. The molecule has 0 saturated heterocycles. The number of rotatable bonds is 4. The average Bonchev–Trinajstić information content (AvgIpc) is 2.68. The number of hydrogen-bond acceptors (Lipinski definition) is 6. The molecule has 0 bridgehead atoms. The quantitative estimate of drug-likeness (QED) is 0.533. The van der Waals surface area contributed by atoms with Gasteiger partial charge in [-0.3, -0.25) is 20.0 Å². The summed E-state index contributed by atoms with van der Waals surface area (Å²) in [5.41, 5.74) is 3.91. The fourth-order valence-corrected chi connectivity index (χ4v) is 3.21. The lowest BCUT2D eigenvalue weighted by Gasteiger charge is -2.27. The van der Waals surface area contributed by atoms with Crippen molar-refractivity contribution in [2.75, 3.05) is 6.54 Å². The SMILES string of the molecule is O=[N+]([O-])c1ccccc1CN1CCc2nc(-c3cccnc3)ncc2C1. The minimum atomic E-state index is -0.323. The molecule has 0 amide bonds. The Kier molecular flexibility index (Phi) is 4.37. The first-order valence-electron chi connectivity index (χ1n) is 8.40. The third kappa shape index (κ3) is 3.29. The fourth-order valence-electron chi connectivity index (χ4n) is 3.21. The van der Waals surface area contributed by atoms with Crippen LogP contribution in [0, 0.1) is 10.1 Å². The van der Waals surface area contributed by atoms with Gasteiger partial charge in [0.05, 0.1) is 10.6 Å². The van der Waals surface area contributed by atoms with Crippen LogP contribution >= 0.6 is 0 Å². The number of pyridine rings is 1. The zero-order chi connectivity index (χ0) is 17.9. The molecule has 2 aromatic heterocycles. The summed E-state index contributed by atoms with van der Waals surface area (Å²) in [5, 5.41) is 11.2. The highest BCUT2D eigenvalue weighted by Gasteiger charge is 2.21. The van der Waals surface area contributed by atoms with Crippen LogP contribution in [0.1, 0.15) is 16.8 Å². The maximum absolute atomic E-state index is 11.2. The van der Waals surface area contributed by atoms with Crippen molar-refractivity contribution in [2.45, 2.75) is 19.5 Å². The molecule has 130 valence electrons. The van der Waals surface area contributed by atoms with E-state index >= 15 is 0 Å². The monoisotopic (exact) mass is 347 g/mol. The molecular formula is C19H17N5O2. The second kappa shape index (κ2) is 6.97. The number of benzene rings is 1. The van der Waals surface area contributed by atoms with Gasteiger partial charge in [-0.15, -0.1) is 0 Å². The van der Waals surface area contributed by atoms with Crippen LogP contribution in [0.15, 0.2) is 55.0 Å². The highest BCUT2D eigenvalue weighted by atomic mass is 16.6. The van der Waals surface area contributed by atoms with Crippen LogP contribution in [0.4, 0.5) is 5.69 Å². The van der Waals surface area contributed by atoms with E-state index in [2.05, 4.69) is 19.9 Å². The van der Waals surface area contributed by atoms with Crippen LogP contribution in [0.5, 0.6) is 0 Å². The summed E-state index contributed by atoms with van der Waals surface area (Å²) in [6.45, 7) is 2.04. The minimum absolute atomic E-state index is 0.168. The minimum Gasteiger partial charge on any atom is -0.294 e. The predicted octanol–water partition coefficient (Wildman–Crippen LogP) is 3.01. The Morgan fingerprint density at radius 1 is 1.15 bits per heavy atom. The van der Waals surface area contributed by atoms with E-state index in [-0.39, 0.29) is 10.6 Å². The van der Waals surface area contributed by atoms with Crippen molar-refractivity contribution in [3.63, 3.8) is 0 Å². The molecule has 0 spiro atoms. The highest BCUT2D eigenvalue weighted by Crippen LogP contribution is 2.24. The van der Waals surface area contributed by atoms with Crippen molar-refractivity contribution in [3.8, 4) is 11.4 Å².